The molecule has 6 aliphatic carbocycles. The van der Waals surface area contributed by atoms with Gasteiger partial charge in [0.05, 0.1) is 17.9 Å². The fourth-order valence-electron chi connectivity index (χ4n) is 13.2. The molecule has 49 heavy (non-hydrogen) atoms. The molecule has 9 atom stereocenters. The maximum absolute atomic E-state index is 13.9. The Hall–Kier alpha value is -1.73. The zero-order chi connectivity index (χ0) is 35.9. The first-order valence-corrected chi connectivity index (χ1v) is 19.8. The summed E-state index contributed by atoms with van der Waals surface area (Å²) in [7, 11) is 0. The van der Waals surface area contributed by atoms with E-state index in [1.807, 2.05) is 0 Å². The number of aliphatic carboxylic acids is 1. The quantitative estimate of drug-likeness (QED) is 0.200. The van der Waals surface area contributed by atoms with Crippen molar-refractivity contribution >= 4 is 17.7 Å². The first-order chi connectivity index (χ1) is 22.7. The van der Waals surface area contributed by atoms with Crippen LogP contribution in [-0.4, -0.2) is 53.2 Å². The van der Waals surface area contributed by atoms with E-state index in [1.54, 1.807) is 13.8 Å². The van der Waals surface area contributed by atoms with Crippen LogP contribution in [0.2, 0.25) is 0 Å². The van der Waals surface area contributed by atoms with E-state index in [1.165, 1.54) is 24.8 Å². The number of Topliss-reactive ketones (excluding diaryl/α,β-unsaturated/α-hetero) is 1. The van der Waals surface area contributed by atoms with Gasteiger partial charge in [-0.2, -0.15) is 0 Å². The number of aliphatic hydroxyl groups excluding tert-OH is 1. The Kier molecular flexibility index (Phi) is 9.41. The van der Waals surface area contributed by atoms with E-state index in [2.05, 4.69) is 53.8 Å². The molecule has 276 valence electrons. The van der Waals surface area contributed by atoms with Gasteiger partial charge >= 0.3 is 11.9 Å². The van der Waals surface area contributed by atoms with Crippen molar-refractivity contribution < 1.29 is 29.3 Å². The topological polar surface area (TPSA) is 113 Å². The maximum Gasteiger partial charge on any atom is 0.309 e. The normalized spacial score (nSPS) is 40.9. The molecule has 7 nitrogen and oxygen atoms in total. The standard InChI is InChI=1S/C42H67NO6/c1-25(2)34-28(44)21-42(31(45)24-43-23-26-11-10-12-26)20-19-40(8)27(35(34)42)13-14-30-39(7)17-16-32(49-33(46)22-37(3,4)36(47)48)38(5,6)29(39)15-18-41(30,40)9/h25-27,29-32,43,45H,10-24H2,1-9H3,(H,47,48)/t27-,29+,30-,31-,32+,39+,40-,41-,42+/m1/s1. The number of carboxylic acids is 1. The summed E-state index contributed by atoms with van der Waals surface area (Å²) in [5.41, 5.74) is 0.760. The molecular weight excluding hydrogens is 614 g/mol. The number of hydrogen-bond acceptors (Lipinski definition) is 6. The largest absolute Gasteiger partial charge is 0.481 e. The lowest BCUT2D eigenvalue weighted by Crippen LogP contribution is -2.66. The molecule has 3 N–H and O–H groups in total. The van der Waals surface area contributed by atoms with Gasteiger partial charge < -0.3 is 20.3 Å². The summed E-state index contributed by atoms with van der Waals surface area (Å²) >= 11 is 0. The smallest absolute Gasteiger partial charge is 0.309 e. The van der Waals surface area contributed by atoms with Crippen molar-refractivity contribution in [2.75, 3.05) is 13.1 Å². The summed E-state index contributed by atoms with van der Waals surface area (Å²) in [4.78, 5) is 38.7. The minimum Gasteiger partial charge on any atom is -0.481 e. The number of nitrogens with one attached hydrogen (secondary N) is 1. The van der Waals surface area contributed by atoms with E-state index >= 15 is 0 Å². The molecule has 0 aromatic rings. The molecule has 0 heterocycles. The van der Waals surface area contributed by atoms with Gasteiger partial charge in [0.2, 0.25) is 0 Å². The monoisotopic (exact) mass is 681 g/mol. The van der Waals surface area contributed by atoms with Gasteiger partial charge in [-0.05, 0) is 136 Å². The molecule has 0 aromatic heterocycles. The third kappa shape index (κ3) is 5.60. The molecule has 0 unspecified atom stereocenters. The Bertz CT molecular complexity index is 1380. The third-order valence-electron chi connectivity index (χ3n) is 16.5. The highest BCUT2D eigenvalue weighted by atomic mass is 16.5. The number of carbonyl (C=O) groups is 3. The molecule has 0 aliphatic heterocycles. The van der Waals surface area contributed by atoms with Crippen molar-refractivity contribution in [3.05, 3.63) is 11.1 Å². The minimum atomic E-state index is -1.15. The van der Waals surface area contributed by atoms with Gasteiger partial charge in [-0.15, -0.1) is 0 Å². The zero-order valence-electron chi connectivity index (χ0n) is 32.2. The summed E-state index contributed by atoms with van der Waals surface area (Å²) in [5.74, 6) is 0.977. The lowest BCUT2D eigenvalue weighted by atomic mass is 9.33. The van der Waals surface area contributed by atoms with Crippen molar-refractivity contribution in [1.82, 2.24) is 5.32 Å². The number of allylic oxidation sites excluding steroid dienone is 1. The highest BCUT2D eigenvalue weighted by molar-refractivity contribution is 6.00. The van der Waals surface area contributed by atoms with Gasteiger partial charge in [-0.25, -0.2) is 0 Å². The SMILES string of the molecule is CC(C)C1=C2[C@H]3CC[C@@H]4[C@@]5(C)CC[C@H](OC(=O)CC(C)(C)C(=O)O)C(C)(C)[C@@H]5CC[C@@]4(C)[C@]3(C)CC[C@@]2([C@H](O)CNCC2CCC2)CC1=O. The molecule has 6 rings (SSSR count). The van der Waals surface area contributed by atoms with E-state index in [0.29, 0.717) is 30.7 Å². The zero-order valence-corrected chi connectivity index (χ0v) is 32.2. The van der Waals surface area contributed by atoms with Crippen LogP contribution in [-0.2, 0) is 19.1 Å². The van der Waals surface area contributed by atoms with Crippen LogP contribution in [0.1, 0.15) is 146 Å². The second kappa shape index (κ2) is 12.5. The second-order valence-corrected chi connectivity index (χ2v) is 20.0. The number of carbonyl (C=O) groups excluding carboxylic acids is 2. The average molecular weight is 682 g/mol. The number of aliphatic hydroxyl groups is 1. The highest BCUT2D eigenvalue weighted by Gasteiger charge is 2.70. The van der Waals surface area contributed by atoms with Gasteiger partial charge in [-0.1, -0.05) is 60.5 Å². The minimum absolute atomic E-state index is 0.0302. The first kappa shape index (κ1) is 37.0. The summed E-state index contributed by atoms with van der Waals surface area (Å²) < 4.78 is 6.16. The summed E-state index contributed by atoms with van der Waals surface area (Å²) in [6.07, 6.45) is 11.5. The van der Waals surface area contributed by atoms with E-state index in [-0.39, 0.29) is 45.9 Å². The lowest BCUT2D eigenvalue weighted by Gasteiger charge is -2.72. The van der Waals surface area contributed by atoms with Crippen LogP contribution in [0.3, 0.4) is 0 Å². The van der Waals surface area contributed by atoms with Crippen molar-refractivity contribution in [2.24, 2.45) is 62.1 Å². The van der Waals surface area contributed by atoms with Gasteiger partial charge in [0.25, 0.3) is 0 Å². The lowest BCUT2D eigenvalue weighted by molar-refractivity contribution is -0.235. The van der Waals surface area contributed by atoms with Crippen molar-refractivity contribution in [1.29, 1.82) is 0 Å². The fourth-order valence-corrected chi connectivity index (χ4v) is 13.2. The molecule has 0 bridgehead atoms. The van der Waals surface area contributed by atoms with Crippen LogP contribution >= 0.6 is 0 Å². The Morgan fingerprint density at radius 1 is 0.918 bits per heavy atom. The van der Waals surface area contributed by atoms with Crippen LogP contribution in [0, 0.1) is 62.1 Å². The number of ether oxygens (including phenoxy) is 1. The molecule has 5 saturated carbocycles. The van der Waals surface area contributed by atoms with E-state index in [4.69, 9.17) is 4.74 Å². The summed E-state index contributed by atoms with van der Waals surface area (Å²) in [6, 6.07) is 0. The summed E-state index contributed by atoms with van der Waals surface area (Å²) in [5, 5.41) is 25.3. The van der Waals surface area contributed by atoms with Gasteiger partial charge in [-0.3, -0.25) is 14.4 Å². The highest BCUT2D eigenvalue weighted by Crippen LogP contribution is 2.77. The Morgan fingerprint density at radius 3 is 2.22 bits per heavy atom. The molecule has 6 aliphatic rings. The third-order valence-corrected chi connectivity index (χ3v) is 16.5. The van der Waals surface area contributed by atoms with E-state index in [0.717, 1.165) is 69.4 Å². The Labute approximate surface area is 296 Å². The molecule has 0 spiro atoms. The predicted molar refractivity (Wildman–Crippen MR) is 192 cm³/mol. The average Bonchev–Trinajstić information content (AvgIpc) is 3.29. The Morgan fingerprint density at radius 2 is 1.61 bits per heavy atom. The van der Waals surface area contributed by atoms with Crippen molar-refractivity contribution in [2.45, 2.75) is 158 Å². The first-order valence-electron chi connectivity index (χ1n) is 19.8. The van der Waals surface area contributed by atoms with Crippen LogP contribution in [0.25, 0.3) is 0 Å². The summed E-state index contributed by atoms with van der Waals surface area (Å²) in [6.45, 7) is 21.3. The van der Waals surface area contributed by atoms with E-state index < -0.39 is 28.9 Å². The number of ketones is 1. The molecule has 0 radical (unpaired) electrons. The molecule has 7 heteroatoms. The van der Waals surface area contributed by atoms with Crippen LogP contribution in [0.15, 0.2) is 11.1 Å². The van der Waals surface area contributed by atoms with Crippen LogP contribution in [0.5, 0.6) is 0 Å². The van der Waals surface area contributed by atoms with Crippen LogP contribution in [0.4, 0.5) is 0 Å². The predicted octanol–water partition coefficient (Wildman–Crippen LogP) is 8.13. The second-order valence-electron chi connectivity index (χ2n) is 20.0. The number of carboxylic acid groups (broad SMARTS) is 1. The van der Waals surface area contributed by atoms with Crippen LogP contribution < -0.4 is 5.32 Å². The van der Waals surface area contributed by atoms with Crippen molar-refractivity contribution in [3.8, 4) is 0 Å². The number of esters is 1. The maximum atomic E-state index is 13.9. The molecule has 0 aromatic carbocycles. The number of fused-ring (bicyclic) bond motifs is 7. The van der Waals surface area contributed by atoms with Gasteiger partial charge in [0.15, 0.2) is 5.78 Å². The molecular formula is C42H67NO6. The number of rotatable bonds is 10. The molecule has 0 amide bonds. The van der Waals surface area contributed by atoms with Gasteiger partial charge in [0.1, 0.15) is 6.10 Å². The van der Waals surface area contributed by atoms with Crippen molar-refractivity contribution in [3.63, 3.8) is 0 Å². The molecule has 5 fully saturated rings. The number of hydrogen-bond donors (Lipinski definition) is 3. The van der Waals surface area contributed by atoms with E-state index in [9.17, 15) is 24.6 Å². The van der Waals surface area contributed by atoms with Gasteiger partial charge in [0, 0.05) is 23.8 Å². The Balaban J connectivity index is 1.26. The molecule has 0 saturated heterocycles. The fraction of sp³-hybridized carbons (Fsp3) is 0.881.